The van der Waals surface area contributed by atoms with E-state index in [2.05, 4.69) is 5.32 Å². The number of nitrogens with one attached hydrogen (secondary N) is 1. The first-order valence-electron chi connectivity index (χ1n) is 9.34. The fourth-order valence-corrected chi connectivity index (χ4v) is 3.75. The third-order valence-corrected chi connectivity index (χ3v) is 5.38. The molecule has 2 aromatic rings. The number of amides is 2. The van der Waals surface area contributed by atoms with Crippen molar-refractivity contribution in [3.8, 4) is 11.5 Å². The van der Waals surface area contributed by atoms with Crippen LogP contribution in [-0.4, -0.2) is 35.0 Å². The highest BCUT2D eigenvalue weighted by Crippen LogP contribution is 2.28. The van der Waals surface area contributed by atoms with Gasteiger partial charge in [-0.15, -0.1) is 0 Å². The topological polar surface area (TPSA) is 108 Å². The van der Waals surface area contributed by atoms with Crippen molar-refractivity contribution in [3.05, 3.63) is 59.4 Å². The normalized spacial score (nSPS) is 16.8. The quantitative estimate of drug-likeness (QED) is 0.618. The molecule has 2 amide bonds. The number of halogens is 1. The summed E-state index contributed by atoms with van der Waals surface area (Å²) in [6, 6.07) is 10.6. The predicted molar refractivity (Wildman–Crippen MR) is 110 cm³/mol. The van der Waals surface area contributed by atoms with Crippen LogP contribution in [0.15, 0.2) is 42.5 Å². The van der Waals surface area contributed by atoms with Crippen LogP contribution in [0, 0.1) is 5.82 Å². The number of imide groups is 1. The molecule has 1 fully saturated rings. The van der Waals surface area contributed by atoms with E-state index in [1.165, 1.54) is 12.1 Å². The Hall–Kier alpha value is -2.91. The molecule has 2 aromatic carbocycles. The first kappa shape index (κ1) is 21.8. The van der Waals surface area contributed by atoms with Gasteiger partial charge in [0, 0.05) is 6.07 Å². The molecule has 7 nitrogen and oxygen atoms in total. The lowest BCUT2D eigenvalue weighted by Crippen LogP contribution is -2.34. The number of ether oxygens (including phenoxy) is 2. The summed E-state index contributed by atoms with van der Waals surface area (Å²) in [6.07, 6.45) is 0.446. The van der Waals surface area contributed by atoms with Crippen molar-refractivity contribution in [1.82, 2.24) is 5.32 Å². The summed E-state index contributed by atoms with van der Waals surface area (Å²) in [5.41, 5.74) is 6.98. The third-order valence-electron chi connectivity index (χ3n) is 4.40. The maximum absolute atomic E-state index is 14.4. The van der Waals surface area contributed by atoms with Gasteiger partial charge >= 0.3 is 5.97 Å². The molecular formula is C21H21FN2O5S. The maximum Gasteiger partial charge on any atom is 0.323 e. The third kappa shape index (κ3) is 5.58. The molecule has 3 rings (SSSR count). The van der Waals surface area contributed by atoms with Gasteiger partial charge in [-0.25, -0.2) is 4.39 Å². The molecular weight excluding hydrogens is 411 g/mol. The van der Waals surface area contributed by atoms with Gasteiger partial charge in [-0.05, 0) is 49.1 Å². The van der Waals surface area contributed by atoms with Gasteiger partial charge in [-0.2, -0.15) is 0 Å². The summed E-state index contributed by atoms with van der Waals surface area (Å²) in [7, 11) is 0. The molecule has 0 saturated carbocycles. The zero-order chi connectivity index (χ0) is 21.7. The molecule has 0 radical (unpaired) electrons. The lowest BCUT2D eigenvalue weighted by atomic mass is 10.1. The first-order valence-corrected chi connectivity index (χ1v) is 10.2. The van der Waals surface area contributed by atoms with Crippen LogP contribution in [0.1, 0.15) is 18.1 Å². The van der Waals surface area contributed by atoms with Crippen LogP contribution in [0.2, 0.25) is 0 Å². The number of hydrogen-bond donors (Lipinski definition) is 2. The van der Waals surface area contributed by atoms with E-state index in [9.17, 15) is 18.8 Å². The molecule has 3 N–H and O–H groups in total. The van der Waals surface area contributed by atoms with Gasteiger partial charge in [-0.1, -0.05) is 30.0 Å². The van der Waals surface area contributed by atoms with Crippen molar-refractivity contribution < 1.29 is 28.2 Å². The van der Waals surface area contributed by atoms with Crippen LogP contribution in [0.25, 0.3) is 0 Å². The highest BCUT2D eigenvalue weighted by molar-refractivity contribution is 8.15. The molecule has 0 aromatic heterocycles. The second-order valence-electron chi connectivity index (χ2n) is 6.65. The zero-order valence-electron chi connectivity index (χ0n) is 16.2. The van der Waals surface area contributed by atoms with E-state index in [0.29, 0.717) is 23.5 Å². The Kier molecular flexibility index (Phi) is 7.07. The zero-order valence-corrected chi connectivity index (χ0v) is 17.0. The Labute approximate surface area is 177 Å². The van der Waals surface area contributed by atoms with Gasteiger partial charge in [0.15, 0.2) is 0 Å². The first-order chi connectivity index (χ1) is 14.4. The van der Waals surface area contributed by atoms with Crippen LogP contribution in [0.3, 0.4) is 0 Å². The van der Waals surface area contributed by atoms with Gasteiger partial charge in [-0.3, -0.25) is 19.7 Å². The smallest absolute Gasteiger partial charge is 0.323 e. The Balaban J connectivity index is 1.59. The molecule has 1 saturated heterocycles. The lowest BCUT2D eigenvalue weighted by molar-refractivity contribution is -0.144. The minimum Gasteiger partial charge on any atom is -0.465 e. The average molecular weight is 432 g/mol. The summed E-state index contributed by atoms with van der Waals surface area (Å²) in [5.74, 6) is -0.588. The van der Waals surface area contributed by atoms with Crippen LogP contribution in [-0.2, 0) is 27.2 Å². The van der Waals surface area contributed by atoms with Crippen LogP contribution in [0.5, 0.6) is 11.5 Å². The number of thioether (sulfide) groups is 1. The fraction of sp³-hybridized carbons (Fsp3) is 0.286. The van der Waals surface area contributed by atoms with Crippen LogP contribution >= 0.6 is 11.8 Å². The Morgan fingerprint density at radius 2 is 1.90 bits per heavy atom. The number of nitrogens with two attached hydrogens (primary N) is 1. The minimum atomic E-state index is -0.742. The largest absolute Gasteiger partial charge is 0.465 e. The van der Waals surface area contributed by atoms with Gasteiger partial charge in [0.1, 0.15) is 23.4 Å². The Morgan fingerprint density at radius 1 is 1.20 bits per heavy atom. The van der Waals surface area contributed by atoms with E-state index < -0.39 is 34.2 Å². The second kappa shape index (κ2) is 9.73. The van der Waals surface area contributed by atoms with Gasteiger partial charge in [0.25, 0.3) is 5.24 Å². The Morgan fingerprint density at radius 3 is 2.50 bits per heavy atom. The molecule has 0 aliphatic carbocycles. The number of carbonyl (C=O) groups excluding carboxylic acids is 3. The fourth-order valence-electron chi connectivity index (χ4n) is 2.90. The highest BCUT2D eigenvalue weighted by Gasteiger charge is 2.32. The average Bonchev–Trinajstić information content (AvgIpc) is 3.02. The van der Waals surface area contributed by atoms with Gasteiger partial charge in [0.05, 0.1) is 11.9 Å². The second-order valence-corrected chi connectivity index (χ2v) is 7.82. The molecule has 0 bridgehead atoms. The Bertz CT molecular complexity index is 951. The van der Waals surface area contributed by atoms with E-state index in [1.54, 1.807) is 37.3 Å². The summed E-state index contributed by atoms with van der Waals surface area (Å²) < 4.78 is 25.0. The molecule has 2 unspecified atom stereocenters. The summed E-state index contributed by atoms with van der Waals surface area (Å²) in [5, 5.41) is 1.13. The number of carbonyl (C=O) groups is 3. The van der Waals surface area contributed by atoms with Crippen molar-refractivity contribution in [3.63, 3.8) is 0 Å². The number of benzene rings is 2. The highest BCUT2D eigenvalue weighted by atomic mass is 32.2. The van der Waals surface area contributed by atoms with Crippen molar-refractivity contribution in [2.75, 3.05) is 6.61 Å². The molecule has 2 atom stereocenters. The summed E-state index contributed by atoms with van der Waals surface area (Å²) >= 11 is 0.858. The van der Waals surface area contributed by atoms with Crippen LogP contribution in [0.4, 0.5) is 9.18 Å². The van der Waals surface area contributed by atoms with E-state index >= 15 is 0 Å². The number of rotatable bonds is 8. The van der Waals surface area contributed by atoms with E-state index in [0.717, 1.165) is 17.3 Å². The van der Waals surface area contributed by atoms with Crippen molar-refractivity contribution in [2.45, 2.75) is 31.1 Å². The molecule has 1 aliphatic heterocycles. The number of hydrogen-bond acceptors (Lipinski definition) is 7. The lowest BCUT2D eigenvalue weighted by Gasteiger charge is -2.12. The SMILES string of the molecule is CCOC(=O)C(N)Cc1ccc(Oc2ccc(CC3SC(=O)NC3=O)c(F)c2)cc1. The van der Waals surface area contributed by atoms with Gasteiger partial charge in [0.2, 0.25) is 5.91 Å². The number of esters is 1. The molecule has 0 spiro atoms. The minimum absolute atomic E-state index is 0.115. The van der Waals surface area contributed by atoms with E-state index in [4.69, 9.17) is 15.2 Å². The summed E-state index contributed by atoms with van der Waals surface area (Å²) in [6.45, 7) is 2.00. The van der Waals surface area contributed by atoms with E-state index in [1.807, 2.05) is 0 Å². The van der Waals surface area contributed by atoms with Crippen molar-refractivity contribution in [1.29, 1.82) is 0 Å². The molecule has 9 heteroatoms. The van der Waals surface area contributed by atoms with E-state index in [-0.39, 0.29) is 13.0 Å². The van der Waals surface area contributed by atoms with Crippen molar-refractivity contribution in [2.24, 2.45) is 5.73 Å². The van der Waals surface area contributed by atoms with Gasteiger partial charge < -0.3 is 15.2 Å². The standard InChI is InChI=1S/C21H21FN2O5S/c1-2-28-20(26)17(23)9-12-3-6-14(7-4-12)29-15-8-5-13(16(22)11-15)10-18-19(25)24-21(27)30-18/h3-8,11,17-18H,2,9-10,23H2,1H3,(H,24,25,27). The molecule has 1 heterocycles. The maximum atomic E-state index is 14.4. The van der Waals surface area contributed by atoms with Crippen LogP contribution < -0.4 is 15.8 Å². The molecule has 158 valence electrons. The molecule has 1 aliphatic rings. The monoisotopic (exact) mass is 432 g/mol. The molecule has 30 heavy (non-hydrogen) atoms. The van der Waals surface area contributed by atoms with Crippen molar-refractivity contribution >= 4 is 28.9 Å². The summed E-state index contributed by atoms with van der Waals surface area (Å²) in [4.78, 5) is 34.5. The predicted octanol–water partition coefficient (Wildman–Crippen LogP) is 2.95.